The van der Waals surface area contributed by atoms with Crippen molar-refractivity contribution in [2.45, 2.75) is 39.8 Å². The van der Waals surface area contributed by atoms with Crippen molar-refractivity contribution in [3.05, 3.63) is 12.2 Å². The van der Waals surface area contributed by atoms with Gasteiger partial charge in [0.1, 0.15) is 22.0 Å². The van der Waals surface area contributed by atoms with Crippen LogP contribution >= 0.6 is 0 Å². The van der Waals surface area contributed by atoms with E-state index in [1.54, 1.807) is 11.6 Å². The molecule has 1 N–H and O–H groups in total. The van der Waals surface area contributed by atoms with Crippen molar-refractivity contribution < 1.29 is 8.42 Å². The summed E-state index contributed by atoms with van der Waals surface area (Å²) in [4.78, 5) is 4.16. The van der Waals surface area contributed by atoms with Crippen LogP contribution in [0.1, 0.15) is 32.5 Å². The smallest absolute Gasteiger partial charge is 0.150 e. The molecule has 1 rings (SSSR count). The number of sulfone groups is 1. The first kappa shape index (κ1) is 15.1. The number of nitrogens with zero attached hydrogens (tertiary/aromatic N) is 3. The highest BCUT2D eigenvalue weighted by Crippen LogP contribution is 1.99. The highest BCUT2D eigenvalue weighted by molar-refractivity contribution is 7.91. The van der Waals surface area contributed by atoms with Crippen LogP contribution in [0.15, 0.2) is 6.33 Å². The monoisotopic (exact) mass is 274 g/mol. The molecule has 0 spiro atoms. The molecule has 0 aliphatic rings. The largest absolute Gasteiger partial charge is 0.310 e. The van der Waals surface area contributed by atoms with E-state index in [4.69, 9.17) is 0 Å². The van der Waals surface area contributed by atoms with Crippen LogP contribution in [0, 0.1) is 0 Å². The van der Waals surface area contributed by atoms with E-state index in [0.717, 1.165) is 18.8 Å². The van der Waals surface area contributed by atoms with Gasteiger partial charge in [-0.15, -0.1) is 0 Å². The van der Waals surface area contributed by atoms with Crippen molar-refractivity contribution in [1.29, 1.82) is 0 Å². The number of aromatic nitrogens is 3. The predicted molar refractivity (Wildman–Crippen MR) is 71.0 cm³/mol. The van der Waals surface area contributed by atoms with E-state index in [1.165, 1.54) is 6.33 Å². The third-order valence-corrected chi connectivity index (χ3v) is 4.46. The molecule has 1 aromatic rings. The molecule has 0 amide bonds. The molecule has 18 heavy (non-hydrogen) atoms. The Morgan fingerprint density at radius 2 is 2.17 bits per heavy atom. The van der Waals surface area contributed by atoms with E-state index in [1.807, 2.05) is 0 Å². The predicted octanol–water partition coefficient (Wildman–Crippen LogP) is 0.603. The summed E-state index contributed by atoms with van der Waals surface area (Å²) in [6.45, 7) is 5.99. The third-order valence-electron chi connectivity index (χ3n) is 2.67. The van der Waals surface area contributed by atoms with Gasteiger partial charge in [-0.3, -0.25) is 0 Å². The lowest BCUT2D eigenvalue weighted by molar-refractivity contribution is 0.536. The van der Waals surface area contributed by atoms with Gasteiger partial charge in [-0.05, 0) is 19.4 Å². The number of hydrogen-bond donors (Lipinski definition) is 1. The Hall–Kier alpha value is -0.950. The van der Waals surface area contributed by atoms with E-state index in [0.29, 0.717) is 19.5 Å². The Bertz CT molecular complexity index is 442. The van der Waals surface area contributed by atoms with E-state index < -0.39 is 9.84 Å². The third kappa shape index (κ3) is 5.14. The maximum absolute atomic E-state index is 11.4. The van der Waals surface area contributed by atoms with Crippen molar-refractivity contribution >= 4 is 9.84 Å². The van der Waals surface area contributed by atoms with Crippen LogP contribution in [-0.2, 0) is 22.9 Å². The zero-order valence-electron chi connectivity index (χ0n) is 11.1. The molecule has 1 aromatic heterocycles. The zero-order valence-corrected chi connectivity index (χ0v) is 11.9. The summed E-state index contributed by atoms with van der Waals surface area (Å²) in [7, 11) is -2.88. The van der Waals surface area contributed by atoms with Crippen molar-refractivity contribution in [1.82, 2.24) is 20.1 Å². The maximum atomic E-state index is 11.4. The molecule has 0 saturated heterocycles. The summed E-state index contributed by atoms with van der Waals surface area (Å²) in [5.41, 5.74) is 0. The quantitative estimate of drug-likeness (QED) is 0.667. The standard InChI is InChI=1S/C11H22N4O2S/c1-3-6-12-9-11-13-10-14-15(11)7-5-8-18(16,17)4-2/h10,12H,3-9H2,1-2H3. The van der Waals surface area contributed by atoms with E-state index in [-0.39, 0.29) is 11.5 Å². The Balaban J connectivity index is 2.40. The minimum absolute atomic E-state index is 0.204. The maximum Gasteiger partial charge on any atom is 0.150 e. The second-order valence-electron chi connectivity index (χ2n) is 4.17. The van der Waals surface area contributed by atoms with Gasteiger partial charge in [0, 0.05) is 12.3 Å². The van der Waals surface area contributed by atoms with Gasteiger partial charge in [-0.2, -0.15) is 5.10 Å². The molecular formula is C11H22N4O2S. The first-order valence-corrected chi connectivity index (χ1v) is 8.19. The number of aryl methyl sites for hydroxylation is 1. The summed E-state index contributed by atoms with van der Waals surface area (Å²) in [6, 6.07) is 0. The summed E-state index contributed by atoms with van der Waals surface area (Å²) < 4.78 is 24.5. The van der Waals surface area contributed by atoms with Gasteiger partial charge in [-0.1, -0.05) is 13.8 Å². The van der Waals surface area contributed by atoms with Gasteiger partial charge in [0.05, 0.1) is 12.3 Å². The fraction of sp³-hybridized carbons (Fsp3) is 0.818. The molecule has 0 aliphatic heterocycles. The van der Waals surface area contributed by atoms with E-state index >= 15 is 0 Å². The number of rotatable bonds is 9. The van der Waals surface area contributed by atoms with Crippen LogP contribution < -0.4 is 5.32 Å². The minimum Gasteiger partial charge on any atom is -0.310 e. The highest BCUT2D eigenvalue weighted by atomic mass is 32.2. The molecule has 6 nitrogen and oxygen atoms in total. The average Bonchev–Trinajstić information content (AvgIpc) is 2.77. The fourth-order valence-electron chi connectivity index (χ4n) is 1.57. The lowest BCUT2D eigenvalue weighted by atomic mass is 10.4. The molecular weight excluding hydrogens is 252 g/mol. The minimum atomic E-state index is -2.88. The van der Waals surface area contributed by atoms with Crippen LogP contribution in [0.3, 0.4) is 0 Å². The molecule has 0 radical (unpaired) electrons. The normalized spacial score (nSPS) is 11.9. The first-order valence-electron chi connectivity index (χ1n) is 6.37. The molecule has 0 bridgehead atoms. The van der Waals surface area contributed by atoms with Crippen molar-refractivity contribution in [2.75, 3.05) is 18.1 Å². The Labute approximate surface area is 109 Å². The van der Waals surface area contributed by atoms with Gasteiger partial charge < -0.3 is 5.32 Å². The summed E-state index contributed by atoms with van der Waals surface area (Å²) >= 11 is 0. The van der Waals surface area contributed by atoms with Crippen LogP contribution in [-0.4, -0.2) is 41.2 Å². The molecule has 7 heteroatoms. The summed E-state index contributed by atoms with van der Waals surface area (Å²) in [5, 5.41) is 7.37. The molecule has 0 fully saturated rings. The van der Waals surface area contributed by atoms with Crippen molar-refractivity contribution in [2.24, 2.45) is 0 Å². The average molecular weight is 274 g/mol. The second-order valence-corrected chi connectivity index (χ2v) is 6.64. The van der Waals surface area contributed by atoms with Gasteiger partial charge in [0.25, 0.3) is 0 Å². The summed E-state index contributed by atoms with van der Waals surface area (Å²) in [6.07, 6.45) is 3.17. The van der Waals surface area contributed by atoms with Gasteiger partial charge in [0.2, 0.25) is 0 Å². The molecule has 0 unspecified atom stereocenters. The van der Waals surface area contributed by atoms with E-state index in [9.17, 15) is 8.42 Å². The lowest BCUT2D eigenvalue weighted by Gasteiger charge is -2.06. The Morgan fingerprint density at radius 1 is 1.39 bits per heavy atom. The fourth-order valence-corrected chi connectivity index (χ4v) is 2.42. The topological polar surface area (TPSA) is 76.9 Å². The van der Waals surface area contributed by atoms with Crippen LogP contribution in [0.5, 0.6) is 0 Å². The van der Waals surface area contributed by atoms with Crippen LogP contribution in [0.2, 0.25) is 0 Å². The summed E-state index contributed by atoms with van der Waals surface area (Å²) in [5.74, 6) is 1.28. The molecule has 0 atom stereocenters. The van der Waals surface area contributed by atoms with E-state index in [2.05, 4.69) is 22.3 Å². The Morgan fingerprint density at radius 3 is 2.83 bits per heavy atom. The second kappa shape index (κ2) is 7.48. The molecule has 0 aliphatic carbocycles. The van der Waals surface area contributed by atoms with Gasteiger partial charge in [-0.25, -0.2) is 18.1 Å². The van der Waals surface area contributed by atoms with Crippen molar-refractivity contribution in [3.8, 4) is 0 Å². The molecule has 104 valence electrons. The zero-order chi connectivity index (χ0) is 13.4. The molecule has 0 aromatic carbocycles. The number of hydrogen-bond acceptors (Lipinski definition) is 5. The number of nitrogens with one attached hydrogen (secondary N) is 1. The Kier molecular flexibility index (Phi) is 6.28. The lowest BCUT2D eigenvalue weighted by Crippen LogP contribution is -2.19. The first-order chi connectivity index (χ1) is 8.59. The van der Waals surface area contributed by atoms with Crippen molar-refractivity contribution in [3.63, 3.8) is 0 Å². The van der Waals surface area contributed by atoms with Crippen LogP contribution in [0.4, 0.5) is 0 Å². The van der Waals surface area contributed by atoms with Crippen LogP contribution in [0.25, 0.3) is 0 Å². The SMILES string of the molecule is CCCNCc1ncnn1CCCS(=O)(=O)CC. The van der Waals surface area contributed by atoms with Gasteiger partial charge >= 0.3 is 0 Å². The molecule has 0 saturated carbocycles. The highest BCUT2D eigenvalue weighted by Gasteiger charge is 2.08. The molecule has 1 heterocycles. The van der Waals surface area contributed by atoms with Gasteiger partial charge in [0.15, 0.2) is 0 Å².